The average molecular weight is 505 g/mol. The minimum absolute atomic E-state index is 0.0846. The van der Waals surface area contributed by atoms with Gasteiger partial charge in [-0.25, -0.2) is 0 Å². The molecule has 3 saturated heterocycles. The molecule has 2 unspecified atom stereocenters. The van der Waals surface area contributed by atoms with E-state index < -0.39 is 40.6 Å². The van der Waals surface area contributed by atoms with Crippen molar-refractivity contribution in [2.24, 2.45) is 11.8 Å². The van der Waals surface area contributed by atoms with Crippen molar-refractivity contribution >= 4 is 17.8 Å². The fraction of sp³-hybridized carbons (Fsp3) is 0.750. The van der Waals surface area contributed by atoms with Crippen LogP contribution in [0.15, 0.2) is 25.3 Å². The smallest absolute Gasteiger partial charge is 0.312 e. The largest absolute Gasteiger partial charge is 0.465 e. The van der Waals surface area contributed by atoms with Crippen LogP contribution in [0.3, 0.4) is 0 Å². The molecule has 3 heterocycles. The highest BCUT2D eigenvalue weighted by atomic mass is 16.6. The van der Waals surface area contributed by atoms with Crippen LogP contribution in [0, 0.1) is 11.8 Å². The van der Waals surface area contributed by atoms with E-state index in [1.54, 1.807) is 22.0 Å². The Labute approximate surface area is 215 Å². The molecule has 36 heavy (non-hydrogen) atoms. The van der Waals surface area contributed by atoms with Gasteiger partial charge in [-0.05, 0) is 72.6 Å². The third-order valence-electron chi connectivity index (χ3n) is 8.01. The number of hydrogen-bond acceptors (Lipinski definition) is 6. The normalized spacial score (nSPS) is 30.9. The number of amides is 2. The molecule has 2 amide bonds. The number of aliphatic hydroxyl groups excluding tert-OH is 1. The SMILES string of the molecule is C=CCCCOC(=O)[C@H]1[C@H]2C(=O)N(CCCCCO)C(C(=O)N(CC=C)C(C)(C)C)C23CC[C@]1(C)O3. The predicted octanol–water partition coefficient (Wildman–Crippen LogP) is 3.24. The lowest BCUT2D eigenvalue weighted by Crippen LogP contribution is -2.60. The summed E-state index contributed by atoms with van der Waals surface area (Å²) in [6.07, 6.45) is 8.03. The van der Waals surface area contributed by atoms with Gasteiger partial charge in [0, 0.05) is 25.2 Å². The molecule has 1 N–H and O–H groups in total. The van der Waals surface area contributed by atoms with E-state index >= 15 is 0 Å². The standard InChI is InChI=1S/C28H44N2O6/c1-7-9-13-19-35-25(34)21-20-23(32)29(17-11-10-12-18-31)22(28(20)15-14-27(21,6)36-28)24(33)30(16-8-2)26(3,4)5/h7-8,20-22,31H,1-2,9-19H2,3-6H3/t20-,21+,22?,27-,28?/m0/s1. The van der Waals surface area contributed by atoms with E-state index in [1.165, 1.54) is 0 Å². The fourth-order valence-electron chi connectivity index (χ4n) is 6.34. The zero-order valence-corrected chi connectivity index (χ0v) is 22.5. The number of unbranched alkanes of at least 4 members (excludes halogenated alkanes) is 3. The number of ether oxygens (including phenoxy) is 2. The van der Waals surface area contributed by atoms with Gasteiger partial charge in [0.15, 0.2) is 0 Å². The summed E-state index contributed by atoms with van der Waals surface area (Å²) in [7, 11) is 0. The number of carbonyl (C=O) groups is 3. The molecule has 3 aliphatic rings. The molecule has 3 aliphatic heterocycles. The Hall–Kier alpha value is -2.19. The minimum atomic E-state index is -1.06. The molecule has 3 rings (SSSR count). The van der Waals surface area contributed by atoms with Crippen molar-refractivity contribution in [3.8, 4) is 0 Å². The molecule has 2 bridgehead atoms. The molecular formula is C28H44N2O6. The third kappa shape index (κ3) is 4.99. The number of esters is 1. The van der Waals surface area contributed by atoms with Gasteiger partial charge in [-0.3, -0.25) is 14.4 Å². The van der Waals surface area contributed by atoms with Gasteiger partial charge in [-0.1, -0.05) is 12.2 Å². The maximum atomic E-state index is 14.2. The van der Waals surface area contributed by atoms with Crippen molar-refractivity contribution < 1.29 is 29.0 Å². The van der Waals surface area contributed by atoms with Crippen molar-refractivity contribution in [1.29, 1.82) is 0 Å². The summed E-state index contributed by atoms with van der Waals surface area (Å²) < 4.78 is 12.3. The topological polar surface area (TPSA) is 96.4 Å². The number of allylic oxidation sites excluding steroid dienone is 1. The highest BCUT2D eigenvalue weighted by molar-refractivity contribution is 5.98. The number of aliphatic hydroxyl groups is 1. The Morgan fingerprint density at radius 3 is 2.53 bits per heavy atom. The molecule has 8 nitrogen and oxygen atoms in total. The van der Waals surface area contributed by atoms with E-state index in [0.717, 1.165) is 12.8 Å². The third-order valence-corrected chi connectivity index (χ3v) is 8.01. The molecule has 202 valence electrons. The van der Waals surface area contributed by atoms with Gasteiger partial charge in [-0.2, -0.15) is 0 Å². The van der Waals surface area contributed by atoms with Crippen LogP contribution in [-0.2, 0) is 23.9 Å². The average Bonchev–Trinajstić information content (AvgIpc) is 3.37. The Morgan fingerprint density at radius 1 is 1.19 bits per heavy atom. The lowest BCUT2D eigenvalue weighted by molar-refractivity contribution is -0.161. The van der Waals surface area contributed by atoms with Gasteiger partial charge in [-0.15, -0.1) is 13.2 Å². The van der Waals surface area contributed by atoms with E-state index in [1.807, 2.05) is 27.7 Å². The Morgan fingerprint density at radius 2 is 1.92 bits per heavy atom. The molecular weight excluding hydrogens is 460 g/mol. The van der Waals surface area contributed by atoms with Crippen molar-refractivity contribution in [2.75, 3.05) is 26.3 Å². The summed E-state index contributed by atoms with van der Waals surface area (Å²) in [5.74, 6) is -2.30. The zero-order chi connectivity index (χ0) is 26.7. The predicted molar refractivity (Wildman–Crippen MR) is 137 cm³/mol. The summed E-state index contributed by atoms with van der Waals surface area (Å²) in [5.41, 5.74) is -2.40. The van der Waals surface area contributed by atoms with Crippen LogP contribution in [0.1, 0.15) is 72.6 Å². The Bertz CT molecular complexity index is 867. The quantitative estimate of drug-likeness (QED) is 0.235. The second-order valence-electron chi connectivity index (χ2n) is 11.6. The molecule has 0 saturated carbocycles. The lowest BCUT2D eigenvalue weighted by Gasteiger charge is -2.42. The Kier molecular flexibility index (Phi) is 8.71. The first kappa shape index (κ1) is 28.4. The molecule has 8 heteroatoms. The molecule has 1 spiro atoms. The molecule has 0 aromatic carbocycles. The van der Waals surface area contributed by atoms with E-state index in [-0.39, 0.29) is 25.0 Å². The first-order valence-electron chi connectivity index (χ1n) is 13.3. The summed E-state index contributed by atoms with van der Waals surface area (Å²) in [6.45, 7) is 16.4. The van der Waals surface area contributed by atoms with E-state index in [2.05, 4.69) is 13.2 Å². The number of likely N-dealkylation sites (tertiary alicyclic amines) is 1. The highest BCUT2D eigenvalue weighted by Crippen LogP contribution is 2.63. The van der Waals surface area contributed by atoms with Crippen LogP contribution in [0.2, 0.25) is 0 Å². The van der Waals surface area contributed by atoms with Gasteiger partial charge in [0.1, 0.15) is 17.6 Å². The number of carbonyl (C=O) groups excluding carboxylic acids is 3. The number of nitrogens with zero attached hydrogens (tertiary/aromatic N) is 2. The van der Waals surface area contributed by atoms with Gasteiger partial charge in [0.25, 0.3) is 0 Å². The Balaban J connectivity index is 1.98. The summed E-state index contributed by atoms with van der Waals surface area (Å²) in [6, 6.07) is -0.816. The second kappa shape index (κ2) is 11.1. The van der Waals surface area contributed by atoms with Gasteiger partial charge in [0.05, 0.1) is 18.1 Å². The first-order valence-corrected chi connectivity index (χ1v) is 13.3. The maximum absolute atomic E-state index is 14.2. The van der Waals surface area contributed by atoms with E-state index in [9.17, 15) is 19.5 Å². The van der Waals surface area contributed by atoms with E-state index in [4.69, 9.17) is 9.47 Å². The van der Waals surface area contributed by atoms with Crippen molar-refractivity contribution in [1.82, 2.24) is 9.80 Å². The summed E-state index contributed by atoms with van der Waals surface area (Å²) in [4.78, 5) is 44.9. The van der Waals surface area contributed by atoms with Crippen molar-refractivity contribution in [3.63, 3.8) is 0 Å². The molecule has 0 aliphatic carbocycles. The van der Waals surface area contributed by atoms with Crippen LogP contribution in [0.4, 0.5) is 0 Å². The van der Waals surface area contributed by atoms with Crippen molar-refractivity contribution in [2.45, 2.75) is 95.4 Å². The van der Waals surface area contributed by atoms with Crippen LogP contribution >= 0.6 is 0 Å². The van der Waals surface area contributed by atoms with Gasteiger partial charge < -0.3 is 24.4 Å². The van der Waals surface area contributed by atoms with Gasteiger partial charge >= 0.3 is 5.97 Å². The first-order chi connectivity index (χ1) is 17.0. The number of fused-ring (bicyclic) bond motifs is 1. The van der Waals surface area contributed by atoms with Crippen molar-refractivity contribution in [3.05, 3.63) is 25.3 Å². The summed E-state index contributed by atoms with van der Waals surface area (Å²) >= 11 is 0. The maximum Gasteiger partial charge on any atom is 0.312 e. The van der Waals surface area contributed by atoms with Gasteiger partial charge in [0.2, 0.25) is 11.8 Å². The monoisotopic (exact) mass is 504 g/mol. The second-order valence-corrected chi connectivity index (χ2v) is 11.6. The minimum Gasteiger partial charge on any atom is -0.465 e. The molecule has 5 atom stereocenters. The molecule has 0 radical (unpaired) electrons. The highest BCUT2D eigenvalue weighted by Gasteiger charge is 2.78. The molecule has 3 fully saturated rings. The van der Waals surface area contributed by atoms with E-state index in [0.29, 0.717) is 45.2 Å². The van der Waals surface area contributed by atoms with Crippen LogP contribution in [0.25, 0.3) is 0 Å². The summed E-state index contributed by atoms with van der Waals surface area (Å²) in [5, 5.41) is 9.19. The van der Waals surface area contributed by atoms with Crippen LogP contribution < -0.4 is 0 Å². The fourth-order valence-corrected chi connectivity index (χ4v) is 6.34. The zero-order valence-electron chi connectivity index (χ0n) is 22.5. The molecule has 0 aromatic heterocycles. The number of hydrogen-bond donors (Lipinski definition) is 1. The van der Waals surface area contributed by atoms with Crippen LogP contribution in [-0.4, -0.2) is 81.8 Å². The molecule has 0 aromatic rings. The number of rotatable bonds is 13. The lowest BCUT2D eigenvalue weighted by atomic mass is 9.66. The van der Waals surface area contributed by atoms with Crippen LogP contribution in [0.5, 0.6) is 0 Å².